The topological polar surface area (TPSA) is 29.4 Å². The van der Waals surface area contributed by atoms with Gasteiger partial charge < -0.3 is 0 Å². The van der Waals surface area contributed by atoms with Crippen LogP contribution in [0, 0.1) is 0 Å². The number of hydrogen-bond acceptors (Lipinski definition) is 3. The van der Waals surface area contributed by atoms with Crippen molar-refractivity contribution in [3.05, 3.63) is 65.7 Å². The van der Waals surface area contributed by atoms with Crippen LogP contribution in [-0.4, -0.2) is 10.9 Å². The van der Waals surface area contributed by atoms with E-state index in [1.165, 1.54) is 0 Å². The van der Waals surface area contributed by atoms with E-state index in [-0.39, 0.29) is 11.7 Å². The molecule has 3 heteroatoms. The molecule has 2 rings (SSSR count). The Morgan fingerprint density at radius 2 is 1.63 bits per heavy atom. The summed E-state index contributed by atoms with van der Waals surface area (Å²) in [6.07, 6.45) is 0. The molecule has 0 amide bonds. The molecule has 0 saturated carbocycles. The molecule has 1 unspecified atom stereocenters. The number of hydrogen-bond donors (Lipinski definition) is 0. The van der Waals surface area contributed by atoms with Gasteiger partial charge in [0.1, 0.15) is 5.78 Å². The van der Waals surface area contributed by atoms with Crippen LogP contribution in [0.15, 0.2) is 59.6 Å². The molecule has 0 heterocycles. The van der Waals surface area contributed by atoms with Gasteiger partial charge in [-0.25, -0.2) is 0 Å². The number of rotatable bonds is 4. The molecule has 0 radical (unpaired) electrons. The van der Waals surface area contributed by atoms with E-state index < -0.39 is 0 Å². The van der Waals surface area contributed by atoms with Gasteiger partial charge in [-0.3, -0.25) is 4.79 Å². The molecule has 0 fully saturated rings. The van der Waals surface area contributed by atoms with Gasteiger partial charge in [0.05, 0.1) is 16.8 Å². The van der Waals surface area contributed by atoms with E-state index in [4.69, 9.17) is 0 Å². The summed E-state index contributed by atoms with van der Waals surface area (Å²) in [5.74, 6) is -0.107. The lowest BCUT2D eigenvalue weighted by atomic mass is 9.88. The van der Waals surface area contributed by atoms with Crippen molar-refractivity contribution in [3.63, 3.8) is 0 Å². The standard InChI is InChI=1S/C16H13NOS/c1-12(18)16(13-5-3-2-4-6-13)14-7-9-15(10-8-14)17-11-19/h2-10,16H,1H3. The summed E-state index contributed by atoms with van der Waals surface area (Å²) >= 11 is 4.57. The number of isothiocyanates is 1. The van der Waals surface area contributed by atoms with E-state index in [1.807, 2.05) is 54.6 Å². The number of nitrogens with zero attached hydrogens (tertiary/aromatic N) is 1. The molecule has 1 atom stereocenters. The van der Waals surface area contributed by atoms with Gasteiger partial charge in [0, 0.05) is 0 Å². The summed E-state index contributed by atoms with van der Waals surface area (Å²) in [6, 6.07) is 17.3. The number of aliphatic imine (C=N–C) groups is 1. The van der Waals surface area contributed by atoms with Crippen molar-refractivity contribution in [3.8, 4) is 0 Å². The monoisotopic (exact) mass is 267 g/mol. The number of ketones is 1. The van der Waals surface area contributed by atoms with Crippen LogP contribution in [0.5, 0.6) is 0 Å². The highest BCUT2D eigenvalue weighted by Crippen LogP contribution is 2.27. The molecule has 19 heavy (non-hydrogen) atoms. The van der Waals surface area contributed by atoms with E-state index in [0.717, 1.165) is 16.8 Å². The largest absolute Gasteiger partial charge is 0.299 e. The molecule has 2 aromatic rings. The van der Waals surface area contributed by atoms with Crippen molar-refractivity contribution in [2.24, 2.45) is 4.99 Å². The Morgan fingerprint density at radius 3 is 2.16 bits per heavy atom. The molecular formula is C16H13NOS. The maximum absolute atomic E-state index is 11.9. The third kappa shape index (κ3) is 3.22. The summed E-state index contributed by atoms with van der Waals surface area (Å²) in [5.41, 5.74) is 2.71. The fourth-order valence-electron chi connectivity index (χ4n) is 2.10. The summed E-state index contributed by atoms with van der Waals surface area (Å²) < 4.78 is 0. The minimum atomic E-state index is -0.230. The van der Waals surface area contributed by atoms with Gasteiger partial charge in [0.2, 0.25) is 0 Å². The lowest BCUT2D eigenvalue weighted by Crippen LogP contribution is -2.10. The van der Waals surface area contributed by atoms with Gasteiger partial charge in [0.15, 0.2) is 0 Å². The smallest absolute Gasteiger partial charge is 0.141 e. The summed E-state index contributed by atoms with van der Waals surface area (Å²) in [5, 5.41) is 2.33. The zero-order chi connectivity index (χ0) is 13.7. The average Bonchev–Trinajstić information content (AvgIpc) is 2.42. The quantitative estimate of drug-likeness (QED) is 0.615. The summed E-state index contributed by atoms with van der Waals surface area (Å²) in [4.78, 5) is 15.8. The lowest BCUT2D eigenvalue weighted by Gasteiger charge is -2.14. The van der Waals surface area contributed by atoms with E-state index in [0.29, 0.717) is 0 Å². The molecule has 0 aliphatic rings. The van der Waals surface area contributed by atoms with E-state index in [2.05, 4.69) is 22.4 Å². The van der Waals surface area contributed by atoms with Crippen LogP contribution in [0.3, 0.4) is 0 Å². The lowest BCUT2D eigenvalue weighted by molar-refractivity contribution is -0.117. The van der Waals surface area contributed by atoms with Crippen molar-refractivity contribution < 1.29 is 4.79 Å². The Hall–Kier alpha value is -2.09. The maximum atomic E-state index is 11.9. The number of thiocarbonyl (C=S) groups is 1. The molecule has 0 N–H and O–H groups in total. The molecule has 0 aliphatic heterocycles. The Kier molecular flexibility index (Phi) is 4.35. The van der Waals surface area contributed by atoms with Crippen LogP contribution in [0.1, 0.15) is 24.0 Å². The highest BCUT2D eigenvalue weighted by Gasteiger charge is 2.18. The van der Waals surface area contributed by atoms with Crippen LogP contribution < -0.4 is 0 Å². The number of Topliss-reactive ketones (excluding diaryl/α,β-unsaturated/α-hetero) is 1. The van der Waals surface area contributed by atoms with Crippen molar-refractivity contribution in [1.29, 1.82) is 0 Å². The molecule has 0 spiro atoms. The van der Waals surface area contributed by atoms with Gasteiger partial charge in [-0.1, -0.05) is 42.5 Å². The number of carbonyl (C=O) groups excluding carboxylic acids is 1. The van der Waals surface area contributed by atoms with Crippen LogP contribution in [-0.2, 0) is 4.79 Å². The van der Waals surface area contributed by atoms with Gasteiger partial charge in [0.25, 0.3) is 0 Å². The van der Waals surface area contributed by atoms with Crippen molar-refractivity contribution >= 4 is 28.8 Å². The fraction of sp³-hybridized carbons (Fsp3) is 0.125. The van der Waals surface area contributed by atoms with Crippen molar-refractivity contribution in [1.82, 2.24) is 0 Å². The molecule has 0 saturated heterocycles. The second kappa shape index (κ2) is 6.19. The Balaban J connectivity index is 2.40. The molecule has 94 valence electrons. The van der Waals surface area contributed by atoms with Crippen molar-refractivity contribution in [2.45, 2.75) is 12.8 Å². The van der Waals surface area contributed by atoms with Crippen LogP contribution in [0.2, 0.25) is 0 Å². The number of benzene rings is 2. The first-order chi connectivity index (χ1) is 9.22. The molecular weight excluding hydrogens is 254 g/mol. The van der Waals surface area contributed by atoms with Crippen molar-refractivity contribution in [2.75, 3.05) is 0 Å². The molecule has 2 aromatic carbocycles. The van der Waals surface area contributed by atoms with E-state index in [1.54, 1.807) is 6.92 Å². The Morgan fingerprint density at radius 1 is 1.05 bits per heavy atom. The SMILES string of the molecule is CC(=O)C(c1ccccc1)c1ccc(N=C=S)cc1. The normalized spacial score (nSPS) is 11.4. The second-order valence-electron chi connectivity index (χ2n) is 4.25. The van der Waals surface area contributed by atoms with E-state index >= 15 is 0 Å². The molecule has 0 aliphatic carbocycles. The van der Waals surface area contributed by atoms with Gasteiger partial charge in [-0.15, -0.1) is 0 Å². The third-order valence-corrected chi connectivity index (χ3v) is 3.03. The predicted molar refractivity (Wildman–Crippen MR) is 80.1 cm³/mol. The number of carbonyl (C=O) groups is 1. The second-order valence-corrected chi connectivity index (χ2v) is 4.43. The molecule has 0 bridgehead atoms. The average molecular weight is 267 g/mol. The highest BCUT2D eigenvalue weighted by atomic mass is 32.1. The third-order valence-electron chi connectivity index (χ3n) is 2.94. The van der Waals surface area contributed by atoms with Gasteiger partial charge in [-0.05, 0) is 42.4 Å². The van der Waals surface area contributed by atoms with E-state index in [9.17, 15) is 4.79 Å². The van der Waals surface area contributed by atoms with Gasteiger partial charge in [-0.2, -0.15) is 4.99 Å². The first-order valence-corrected chi connectivity index (χ1v) is 6.36. The fourth-order valence-corrected chi connectivity index (χ4v) is 2.21. The maximum Gasteiger partial charge on any atom is 0.141 e. The van der Waals surface area contributed by atoms with Crippen LogP contribution in [0.25, 0.3) is 0 Å². The highest BCUT2D eigenvalue weighted by molar-refractivity contribution is 7.78. The Bertz CT molecular complexity index is 613. The van der Waals surface area contributed by atoms with Gasteiger partial charge >= 0.3 is 0 Å². The zero-order valence-electron chi connectivity index (χ0n) is 10.5. The summed E-state index contributed by atoms with van der Waals surface area (Å²) in [7, 11) is 0. The molecule has 0 aromatic heterocycles. The van der Waals surface area contributed by atoms with Crippen LogP contribution >= 0.6 is 12.2 Å². The first kappa shape index (κ1) is 13.3. The zero-order valence-corrected chi connectivity index (χ0v) is 11.4. The minimum absolute atomic E-state index is 0.122. The first-order valence-electron chi connectivity index (χ1n) is 5.95. The minimum Gasteiger partial charge on any atom is -0.299 e. The Labute approximate surface area is 117 Å². The molecule has 2 nitrogen and oxygen atoms in total. The summed E-state index contributed by atoms with van der Waals surface area (Å²) in [6.45, 7) is 1.61. The van der Waals surface area contributed by atoms with Crippen LogP contribution in [0.4, 0.5) is 5.69 Å². The predicted octanol–water partition coefficient (Wildman–Crippen LogP) is 4.14.